The molecule has 1 aliphatic heterocycles. The van der Waals surface area contributed by atoms with Crippen molar-refractivity contribution in [2.75, 3.05) is 13.2 Å². The Balaban J connectivity index is 2.19. The number of hydrogen-bond donors (Lipinski definition) is 0. The van der Waals surface area contributed by atoms with Crippen LogP contribution in [0, 0.1) is 0 Å². The van der Waals surface area contributed by atoms with Crippen molar-refractivity contribution in [3.8, 4) is 0 Å². The van der Waals surface area contributed by atoms with Crippen LogP contribution < -0.4 is 0 Å². The van der Waals surface area contributed by atoms with Gasteiger partial charge in [-0.05, 0) is 18.9 Å². The summed E-state index contributed by atoms with van der Waals surface area (Å²) in [6, 6.07) is 0.779. The summed E-state index contributed by atoms with van der Waals surface area (Å²) >= 11 is 0. The molecule has 1 aliphatic rings. The van der Waals surface area contributed by atoms with E-state index < -0.39 is 32.7 Å². The van der Waals surface area contributed by atoms with Crippen molar-refractivity contribution in [3.05, 3.63) is 17.5 Å². The van der Waals surface area contributed by atoms with Crippen LogP contribution in [0.1, 0.15) is 24.2 Å². The summed E-state index contributed by atoms with van der Waals surface area (Å²) in [5.41, 5.74) is -1.05. The van der Waals surface area contributed by atoms with Gasteiger partial charge >= 0.3 is 6.18 Å². The van der Waals surface area contributed by atoms with Crippen molar-refractivity contribution < 1.29 is 26.3 Å². The Morgan fingerprint density at radius 3 is 2.70 bits per heavy atom. The summed E-state index contributed by atoms with van der Waals surface area (Å²) in [4.78, 5) is 0. The zero-order chi connectivity index (χ0) is 15.0. The quantitative estimate of drug-likeness (QED) is 0.849. The molecule has 1 aromatic heterocycles. The Bertz CT molecular complexity index is 574. The lowest BCUT2D eigenvalue weighted by molar-refractivity contribution is -0.141. The molecule has 1 unspecified atom stereocenters. The Hall–Kier alpha value is -1.09. The second-order valence-electron chi connectivity index (χ2n) is 4.79. The number of hydrogen-bond acceptors (Lipinski definition) is 4. The fraction of sp³-hybridized carbons (Fsp3) is 0.727. The maximum atomic E-state index is 12.5. The minimum Gasteiger partial charge on any atom is -0.380 e. The van der Waals surface area contributed by atoms with Gasteiger partial charge in [-0.3, -0.25) is 4.68 Å². The lowest BCUT2D eigenvalue weighted by Crippen LogP contribution is -2.32. The number of aromatic nitrogens is 2. The first-order valence-electron chi connectivity index (χ1n) is 6.09. The number of ether oxygens (including phenoxy) is 1. The van der Waals surface area contributed by atoms with Crippen LogP contribution in [0.15, 0.2) is 6.07 Å². The summed E-state index contributed by atoms with van der Waals surface area (Å²) in [6.45, 7) is 0.627. The van der Waals surface area contributed by atoms with E-state index >= 15 is 0 Å². The third-order valence-electron chi connectivity index (χ3n) is 3.24. The summed E-state index contributed by atoms with van der Waals surface area (Å²) in [7, 11) is -2.24. The van der Waals surface area contributed by atoms with E-state index in [9.17, 15) is 21.6 Å². The highest BCUT2D eigenvalue weighted by Crippen LogP contribution is 2.29. The number of halogens is 3. The molecule has 20 heavy (non-hydrogen) atoms. The molecule has 5 nitrogen and oxygen atoms in total. The standard InChI is InChI=1S/C11H15F3N2O3S/c1-16-8(5-10(15-16)11(12,13)14)7-20(17,18)9-3-2-4-19-6-9/h5,9H,2-4,6-7H2,1H3. The average molecular weight is 312 g/mol. The molecule has 0 N–H and O–H groups in total. The Morgan fingerprint density at radius 2 is 2.20 bits per heavy atom. The maximum Gasteiger partial charge on any atom is 0.435 e. The van der Waals surface area contributed by atoms with Gasteiger partial charge in [-0.2, -0.15) is 18.3 Å². The molecule has 1 fully saturated rings. The van der Waals surface area contributed by atoms with Crippen LogP contribution in [0.4, 0.5) is 13.2 Å². The molecule has 0 bridgehead atoms. The van der Waals surface area contributed by atoms with Crippen molar-refractivity contribution in [1.82, 2.24) is 9.78 Å². The van der Waals surface area contributed by atoms with Crippen LogP contribution >= 0.6 is 0 Å². The van der Waals surface area contributed by atoms with Gasteiger partial charge in [0.2, 0.25) is 0 Å². The van der Waals surface area contributed by atoms with Gasteiger partial charge in [0.05, 0.1) is 23.3 Å². The molecule has 114 valence electrons. The first-order valence-corrected chi connectivity index (χ1v) is 7.81. The maximum absolute atomic E-state index is 12.5. The lowest BCUT2D eigenvalue weighted by Gasteiger charge is -2.22. The van der Waals surface area contributed by atoms with Crippen molar-refractivity contribution >= 4 is 9.84 Å². The van der Waals surface area contributed by atoms with E-state index in [1.165, 1.54) is 7.05 Å². The third-order valence-corrected chi connectivity index (χ3v) is 5.33. The molecule has 0 radical (unpaired) electrons. The minimum atomic E-state index is -4.58. The predicted octanol–water partition coefficient (Wildman–Crippen LogP) is 1.53. The zero-order valence-corrected chi connectivity index (χ0v) is 11.7. The van der Waals surface area contributed by atoms with E-state index in [0.717, 1.165) is 10.7 Å². The fourth-order valence-corrected chi connectivity index (χ4v) is 3.85. The van der Waals surface area contributed by atoms with E-state index in [-0.39, 0.29) is 12.3 Å². The third kappa shape index (κ3) is 3.32. The molecule has 1 atom stereocenters. The Kier molecular flexibility index (Phi) is 4.10. The highest BCUT2D eigenvalue weighted by molar-refractivity contribution is 7.91. The topological polar surface area (TPSA) is 61.2 Å². The van der Waals surface area contributed by atoms with Gasteiger partial charge < -0.3 is 4.74 Å². The second-order valence-corrected chi connectivity index (χ2v) is 7.07. The highest BCUT2D eigenvalue weighted by Gasteiger charge is 2.36. The minimum absolute atomic E-state index is 0.0305. The Morgan fingerprint density at radius 1 is 1.50 bits per heavy atom. The van der Waals surface area contributed by atoms with Crippen LogP contribution in [0.2, 0.25) is 0 Å². The zero-order valence-electron chi connectivity index (χ0n) is 10.9. The van der Waals surface area contributed by atoms with Gasteiger partial charge in [0.15, 0.2) is 15.5 Å². The smallest absolute Gasteiger partial charge is 0.380 e. The van der Waals surface area contributed by atoms with Crippen molar-refractivity contribution in [3.63, 3.8) is 0 Å². The monoisotopic (exact) mass is 312 g/mol. The number of aryl methyl sites for hydroxylation is 1. The Labute approximate surface area is 114 Å². The molecule has 9 heteroatoms. The predicted molar refractivity (Wildman–Crippen MR) is 64.7 cm³/mol. The van der Waals surface area contributed by atoms with E-state index in [1.54, 1.807) is 0 Å². The summed E-state index contributed by atoms with van der Waals surface area (Å²) in [6.07, 6.45) is -3.46. The molecule has 0 amide bonds. The molecule has 2 rings (SSSR count). The van der Waals surface area contributed by atoms with E-state index in [2.05, 4.69) is 5.10 Å². The van der Waals surface area contributed by atoms with Gasteiger partial charge in [0, 0.05) is 13.7 Å². The number of rotatable bonds is 3. The molecule has 0 saturated carbocycles. The van der Waals surface area contributed by atoms with Gasteiger partial charge in [-0.1, -0.05) is 0 Å². The van der Waals surface area contributed by atoms with Crippen molar-refractivity contribution in [1.29, 1.82) is 0 Å². The van der Waals surface area contributed by atoms with Crippen molar-refractivity contribution in [2.24, 2.45) is 7.05 Å². The normalized spacial score (nSPS) is 21.1. The molecular weight excluding hydrogens is 297 g/mol. The first-order chi connectivity index (χ1) is 9.20. The summed E-state index contributed by atoms with van der Waals surface area (Å²) in [5, 5.41) is 2.65. The molecule has 2 heterocycles. The van der Waals surface area contributed by atoms with Crippen LogP contribution in [0.3, 0.4) is 0 Å². The second kappa shape index (κ2) is 5.36. The van der Waals surface area contributed by atoms with E-state index in [4.69, 9.17) is 4.74 Å². The average Bonchev–Trinajstić information content (AvgIpc) is 2.71. The van der Waals surface area contributed by atoms with Gasteiger partial charge in [-0.25, -0.2) is 8.42 Å². The fourth-order valence-electron chi connectivity index (χ4n) is 2.10. The van der Waals surface area contributed by atoms with Gasteiger partial charge in [0.1, 0.15) is 0 Å². The first kappa shape index (κ1) is 15.3. The molecule has 0 aromatic carbocycles. The SMILES string of the molecule is Cn1nc(C(F)(F)F)cc1CS(=O)(=O)C1CCCOC1. The van der Waals surface area contributed by atoms with Crippen LogP contribution in [-0.2, 0) is 33.6 Å². The van der Waals surface area contributed by atoms with E-state index in [1.807, 2.05) is 0 Å². The summed E-state index contributed by atoms with van der Waals surface area (Å²) < 4.78 is 68.0. The molecule has 1 saturated heterocycles. The van der Waals surface area contributed by atoms with Crippen LogP contribution in [-0.4, -0.2) is 36.7 Å². The van der Waals surface area contributed by atoms with Gasteiger partial charge in [-0.15, -0.1) is 0 Å². The number of nitrogens with zero attached hydrogens (tertiary/aromatic N) is 2. The number of alkyl halides is 3. The van der Waals surface area contributed by atoms with Gasteiger partial charge in [0.25, 0.3) is 0 Å². The lowest BCUT2D eigenvalue weighted by atomic mass is 10.2. The molecular formula is C11H15F3N2O3S. The largest absolute Gasteiger partial charge is 0.435 e. The molecule has 1 aromatic rings. The molecule has 0 spiro atoms. The van der Waals surface area contributed by atoms with Crippen molar-refractivity contribution in [2.45, 2.75) is 30.0 Å². The van der Waals surface area contributed by atoms with E-state index in [0.29, 0.717) is 19.4 Å². The van der Waals surface area contributed by atoms with Crippen LogP contribution in [0.5, 0.6) is 0 Å². The van der Waals surface area contributed by atoms with Crippen LogP contribution in [0.25, 0.3) is 0 Å². The molecule has 0 aliphatic carbocycles. The number of sulfone groups is 1. The highest BCUT2D eigenvalue weighted by atomic mass is 32.2. The summed E-state index contributed by atoms with van der Waals surface area (Å²) in [5.74, 6) is -0.458.